The van der Waals surface area contributed by atoms with Gasteiger partial charge in [-0.1, -0.05) is 17.3 Å². The zero-order valence-electron chi connectivity index (χ0n) is 17.2. The Morgan fingerprint density at radius 1 is 1.17 bits per heavy atom. The minimum Gasteiger partial charge on any atom is -0.364 e. The number of hydrogen-bond acceptors (Lipinski definition) is 5. The molecule has 0 radical (unpaired) electrons. The number of benzene rings is 1. The Bertz CT molecular complexity index is 780. The number of anilines is 1. The Kier molecular flexibility index (Phi) is 7.63. The summed E-state index contributed by atoms with van der Waals surface area (Å²) in [4.78, 5) is 20.6. The first-order valence-corrected chi connectivity index (χ1v) is 10.2. The van der Waals surface area contributed by atoms with Gasteiger partial charge in [-0.15, -0.1) is 0 Å². The molecule has 2 aromatic rings. The standard InChI is InChI=1S/C21H30N6O2/c1-3-22-21(23-10-8-18-4-6-19(7-5-18)24-17(2)28)27-13-11-26(12-14-27)16-20-9-15-29-25-20/h4-7,9,15H,3,8,10-14,16H2,1-2H3,(H,22,23)(H,24,28). The van der Waals surface area contributed by atoms with Crippen LogP contribution in [0, 0.1) is 0 Å². The second kappa shape index (κ2) is 10.6. The summed E-state index contributed by atoms with van der Waals surface area (Å²) in [7, 11) is 0. The van der Waals surface area contributed by atoms with Crippen LogP contribution in [0.5, 0.6) is 0 Å². The van der Waals surface area contributed by atoms with Gasteiger partial charge in [0.1, 0.15) is 6.26 Å². The number of carbonyl (C=O) groups excluding carboxylic acids is 1. The van der Waals surface area contributed by atoms with Crippen molar-refractivity contribution in [1.82, 2.24) is 20.3 Å². The van der Waals surface area contributed by atoms with Crippen LogP contribution in [0.4, 0.5) is 5.69 Å². The van der Waals surface area contributed by atoms with Gasteiger partial charge in [0.15, 0.2) is 5.96 Å². The summed E-state index contributed by atoms with van der Waals surface area (Å²) in [5, 5.41) is 10.2. The van der Waals surface area contributed by atoms with Crippen molar-refractivity contribution < 1.29 is 9.32 Å². The third kappa shape index (κ3) is 6.60. The second-order valence-electron chi connectivity index (χ2n) is 7.12. The number of rotatable bonds is 7. The molecular weight excluding hydrogens is 368 g/mol. The van der Waals surface area contributed by atoms with Crippen LogP contribution in [0.2, 0.25) is 0 Å². The van der Waals surface area contributed by atoms with E-state index in [-0.39, 0.29) is 5.91 Å². The molecule has 1 aliphatic heterocycles. The van der Waals surface area contributed by atoms with Crippen LogP contribution < -0.4 is 10.6 Å². The highest BCUT2D eigenvalue weighted by Crippen LogP contribution is 2.11. The Morgan fingerprint density at radius 2 is 1.93 bits per heavy atom. The van der Waals surface area contributed by atoms with Crippen LogP contribution >= 0.6 is 0 Å². The third-order valence-corrected chi connectivity index (χ3v) is 4.82. The SMILES string of the molecule is CCNC(=NCCc1ccc(NC(C)=O)cc1)N1CCN(Cc2ccon2)CC1. The van der Waals surface area contributed by atoms with E-state index in [0.717, 1.165) is 69.6 Å². The lowest BCUT2D eigenvalue weighted by Crippen LogP contribution is -2.52. The molecule has 1 aromatic heterocycles. The van der Waals surface area contributed by atoms with Gasteiger partial charge < -0.3 is 20.1 Å². The van der Waals surface area contributed by atoms with E-state index in [1.54, 1.807) is 6.26 Å². The van der Waals surface area contributed by atoms with Gasteiger partial charge in [0.25, 0.3) is 0 Å². The Balaban J connectivity index is 1.48. The van der Waals surface area contributed by atoms with E-state index in [4.69, 9.17) is 9.52 Å². The number of piperazine rings is 1. The first-order valence-electron chi connectivity index (χ1n) is 10.2. The van der Waals surface area contributed by atoms with E-state index < -0.39 is 0 Å². The van der Waals surface area contributed by atoms with Gasteiger partial charge in [-0.2, -0.15) is 0 Å². The molecule has 2 heterocycles. The molecule has 1 aromatic carbocycles. The van der Waals surface area contributed by atoms with E-state index in [0.29, 0.717) is 0 Å². The zero-order valence-corrected chi connectivity index (χ0v) is 17.2. The maximum atomic E-state index is 11.1. The number of guanidine groups is 1. The first kappa shape index (κ1) is 20.9. The van der Waals surface area contributed by atoms with Gasteiger partial charge in [-0.25, -0.2) is 0 Å². The highest BCUT2D eigenvalue weighted by atomic mass is 16.5. The van der Waals surface area contributed by atoms with Crippen LogP contribution in [0.25, 0.3) is 0 Å². The van der Waals surface area contributed by atoms with Crippen molar-refractivity contribution in [2.45, 2.75) is 26.8 Å². The maximum Gasteiger partial charge on any atom is 0.221 e. The lowest BCUT2D eigenvalue weighted by Gasteiger charge is -2.36. The average molecular weight is 399 g/mol. The van der Waals surface area contributed by atoms with Crippen LogP contribution in [-0.4, -0.2) is 66.1 Å². The summed E-state index contributed by atoms with van der Waals surface area (Å²) in [6.07, 6.45) is 2.48. The lowest BCUT2D eigenvalue weighted by atomic mass is 10.1. The quantitative estimate of drug-likeness (QED) is 0.548. The van der Waals surface area contributed by atoms with Crippen LogP contribution in [-0.2, 0) is 17.8 Å². The smallest absolute Gasteiger partial charge is 0.221 e. The van der Waals surface area contributed by atoms with Crippen LogP contribution in [0.15, 0.2) is 46.1 Å². The molecule has 0 saturated carbocycles. The Hall–Kier alpha value is -2.87. The Morgan fingerprint density at radius 3 is 2.55 bits per heavy atom. The monoisotopic (exact) mass is 398 g/mol. The Labute approximate surface area is 172 Å². The van der Waals surface area contributed by atoms with Crippen molar-refractivity contribution >= 4 is 17.6 Å². The van der Waals surface area contributed by atoms with E-state index in [1.807, 2.05) is 30.3 Å². The number of aliphatic imine (C=N–C) groups is 1. The highest BCUT2D eigenvalue weighted by molar-refractivity contribution is 5.88. The molecule has 0 atom stereocenters. The number of hydrogen-bond donors (Lipinski definition) is 2. The fourth-order valence-corrected chi connectivity index (χ4v) is 3.34. The molecule has 29 heavy (non-hydrogen) atoms. The number of nitrogens with zero attached hydrogens (tertiary/aromatic N) is 4. The summed E-state index contributed by atoms with van der Waals surface area (Å²) in [6.45, 7) is 9.83. The summed E-state index contributed by atoms with van der Waals surface area (Å²) >= 11 is 0. The molecule has 2 N–H and O–H groups in total. The number of carbonyl (C=O) groups is 1. The molecule has 156 valence electrons. The zero-order chi connectivity index (χ0) is 20.5. The molecule has 0 bridgehead atoms. The second-order valence-corrected chi connectivity index (χ2v) is 7.12. The number of aromatic nitrogens is 1. The third-order valence-electron chi connectivity index (χ3n) is 4.82. The minimum absolute atomic E-state index is 0.0567. The molecule has 0 aliphatic carbocycles. The fourth-order valence-electron chi connectivity index (χ4n) is 3.34. The van der Waals surface area contributed by atoms with Crippen molar-refractivity contribution in [2.75, 3.05) is 44.6 Å². The van der Waals surface area contributed by atoms with Crippen LogP contribution in [0.3, 0.4) is 0 Å². The van der Waals surface area contributed by atoms with Crippen molar-refractivity contribution in [1.29, 1.82) is 0 Å². The van der Waals surface area contributed by atoms with Crippen molar-refractivity contribution in [3.63, 3.8) is 0 Å². The van der Waals surface area contributed by atoms with E-state index in [1.165, 1.54) is 12.5 Å². The molecule has 1 aliphatic rings. The van der Waals surface area contributed by atoms with Crippen molar-refractivity contribution in [2.24, 2.45) is 4.99 Å². The predicted molar refractivity (Wildman–Crippen MR) is 114 cm³/mol. The van der Waals surface area contributed by atoms with Gasteiger partial charge in [0.2, 0.25) is 5.91 Å². The van der Waals surface area contributed by atoms with Gasteiger partial charge in [-0.3, -0.25) is 14.7 Å². The molecule has 0 spiro atoms. The highest BCUT2D eigenvalue weighted by Gasteiger charge is 2.20. The minimum atomic E-state index is -0.0567. The van der Waals surface area contributed by atoms with Crippen molar-refractivity contribution in [3.8, 4) is 0 Å². The summed E-state index contributed by atoms with van der Waals surface area (Å²) in [5.74, 6) is 0.919. The van der Waals surface area contributed by atoms with Gasteiger partial charge in [0.05, 0.1) is 5.69 Å². The van der Waals surface area contributed by atoms with E-state index >= 15 is 0 Å². The number of nitrogens with one attached hydrogen (secondary N) is 2. The van der Waals surface area contributed by atoms with Gasteiger partial charge in [-0.05, 0) is 31.0 Å². The van der Waals surface area contributed by atoms with Gasteiger partial charge in [0, 0.05) is 64.5 Å². The normalized spacial score (nSPS) is 15.4. The number of amides is 1. The summed E-state index contributed by atoms with van der Waals surface area (Å²) < 4.78 is 4.92. The topological polar surface area (TPSA) is 86.0 Å². The molecule has 0 unspecified atom stereocenters. The molecule has 8 heteroatoms. The molecule has 1 amide bonds. The molecule has 1 saturated heterocycles. The summed E-state index contributed by atoms with van der Waals surface area (Å²) in [6, 6.07) is 9.85. The first-order chi connectivity index (χ1) is 14.1. The summed E-state index contributed by atoms with van der Waals surface area (Å²) in [5.41, 5.74) is 3.00. The molecule has 8 nitrogen and oxygen atoms in total. The van der Waals surface area contributed by atoms with E-state index in [9.17, 15) is 4.79 Å². The average Bonchev–Trinajstić information content (AvgIpc) is 3.22. The molecular formula is C21H30N6O2. The lowest BCUT2D eigenvalue weighted by molar-refractivity contribution is -0.114. The maximum absolute atomic E-state index is 11.1. The van der Waals surface area contributed by atoms with Crippen LogP contribution in [0.1, 0.15) is 25.1 Å². The predicted octanol–water partition coefficient (Wildman–Crippen LogP) is 1.96. The van der Waals surface area contributed by atoms with E-state index in [2.05, 4.69) is 32.5 Å². The fraction of sp³-hybridized carbons (Fsp3) is 0.476. The molecule has 1 fully saturated rings. The molecule has 3 rings (SSSR count). The largest absolute Gasteiger partial charge is 0.364 e. The van der Waals surface area contributed by atoms with Gasteiger partial charge >= 0.3 is 0 Å². The van der Waals surface area contributed by atoms with Crippen molar-refractivity contribution in [3.05, 3.63) is 47.9 Å².